The molecule has 0 aliphatic heterocycles. The number of alkyl halides is 15. The quantitative estimate of drug-likeness (QED) is 0.274. The molecule has 0 aromatic heterocycles. The van der Waals surface area contributed by atoms with E-state index in [0.717, 1.165) is 24.3 Å². The second-order valence-corrected chi connectivity index (χ2v) is 8.75. The van der Waals surface area contributed by atoms with Crippen LogP contribution < -0.4 is 4.74 Å². The molecule has 0 saturated carbocycles. The van der Waals surface area contributed by atoms with Gasteiger partial charge >= 0.3 is 41.7 Å². The van der Waals surface area contributed by atoms with Crippen molar-refractivity contribution < 1.29 is 75.7 Å². The highest BCUT2D eigenvalue weighted by Gasteiger charge is 2.93. The van der Waals surface area contributed by atoms with Crippen molar-refractivity contribution in [3.63, 3.8) is 0 Å². The predicted molar refractivity (Wildman–Crippen MR) is 96.7 cm³/mol. The third-order valence-corrected chi connectivity index (χ3v) is 5.02. The maximum atomic E-state index is 14.2. The average Bonchev–Trinajstić information content (AvgIpc) is 2.70. The first-order valence-corrected chi connectivity index (χ1v) is 9.89. The third kappa shape index (κ3) is 5.55. The molecule has 0 fully saturated rings. The Bertz CT molecular complexity index is 919. The first kappa shape index (κ1) is 33.0. The zero-order chi connectivity index (χ0) is 29.7. The van der Waals surface area contributed by atoms with Crippen LogP contribution in [0.25, 0.3) is 0 Å². The Morgan fingerprint density at radius 2 is 1.03 bits per heavy atom. The van der Waals surface area contributed by atoms with Gasteiger partial charge in [-0.25, -0.2) is 0 Å². The molecule has 0 spiro atoms. The van der Waals surface area contributed by atoms with E-state index in [1.54, 1.807) is 13.8 Å². The Morgan fingerprint density at radius 3 is 1.41 bits per heavy atom. The van der Waals surface area contributed by atoms with Gasteiger partial charge < -0.3 is 9.84 Å². The van der Waals surface area contributed by atoms with Crippen molar-refractivity contribution in [3.05, 3.63) is 29.8 Å². The first-order valence-electron chi connectivity index (χ1n) is 9.89. The second-order valence-electron chi connectivity index (χ2n) is 8.75. The summed E-state index contributed by atoms with van der Waals surface area (Å²) in [6.07, 6.45) is -10.5. The van der Waals surface area contributed by atoms with Crippen LogP contribution in [0.4, 0.5) is 65.9 Å². The predicted octanol–water partition coefficient (Wildman–Crippen LogP) is 7.69. The van der Waals surface area contributed by atoms with Gasteiger partial charge in [0.1, 0.15) is 5.75 Å². The molecule has 0 radical (unpaired) electrons. The smallest absolute Gasteiger partial charge is 0.460 e. The van der Waals surface area contributed by atoms with E-state index in [4.69, 9.17) is 4.74 Å². The standard InChI is InChI=1S/C20H19F15O2/c1-10(2)8-37-12-6-4-11(5-7-12)13(3,36)9-14(21,22)15(23,24)16(25,26)17(27,28)18(29,30)19(31,32)20(33,34)35/h4-7,10,36H,8-9H2,1-3H3. The molecule has 0 aliphatic rings. The number of rotatable bonds is 11. The summed E-state index contributed by atoms with van der Waals surface area (Å²) in [6, 6.07) is 3.55. The summed E-state index contributed by atoms with van der Waals surface area (Å²) < 4.78 is 205. The minimum Gasteiger partial charge on any atom is -0.493 e. The molecule has 1 unspecified atom stereocenters. The molecule has 2 nitrogen and oxygen atoms in total. The molecular weight excluding hydrogens is 557 g/mol. The highest BCUT2D eigenvalue weighted by atomic mass is 19.4. The molecule has 0 saturated heterocycles. The molecule has 0 bridgehead atoms. The molecule has 1 N–H and O–H groups in total. The fraction of sp³-hybridized carbons (Fsp3) is 0.700. The minimum absolute atomic E-state index is 0.00645. The third-order valence-electron chi connectivity index (χ3n) is 5.02. The van der Waals surface area contributed by atoms with E-state index < -0.39 is 59.3 Å². The fourth-order valence-corrected chi connectivity index (χ4v) is 2.82. The fourth-order valence-electron chi connectivity index (χ4n) is 2.82. The molecule has 37 heavy (non-hydrogen) atoms. The number of ether oxygens (including phenoxy) is 1. The van der Waals surface area contributed by atoms with Crippen LogP contribution in [0.1, 0.15) is 32.8 Å². The van der Waals surface area contributed by atoms with Gasteiger partial charge in [-0.05, 0) is 30.5 Å². The van der Waals surface area contributed by atoms with Crippen LogP contribution in [0.2, 0.25) is 0 Å². The average molecular weight is 576 g/mol. The number of benzene rings is 1. The summed E-state index contributed by atoms with van der Waals surface area (Å²) >= 11 is 0. The van der Waals surface area contributed by atoms with Crippen LogP contribution in [0.15, 0.2) is 24.3 Å². The van der Waals surface area contributed by atoms with E-state index in [2.05, 4.69) is 0 Å². The Kier molecular flexibility index (Phi) is 8.55. The lowest BCUT2D eigenvalue weighted by atomic mass is 9.84. The van der Waals surface area contributed by atoms with Crippen LogP contribution >= 0.6 is 0 Å². The Morgan fingerprint density at radius 1 is 0.649 bits per heavy atom. The monoisotopic (exact) mass is 576 g/mol. The molecule has 0 amide bonds. The maximum Gasteiger partial charge on any atom is 0.460 e. The maximum absolute atomic E-state index is 14.2. The van der Waals surface area contributed by atoms with E-state index in [-0.39, 0.29) is 18.3 Å². The highest BCUT2D eigenvalue weighted by molar-refractivity contribution is 5.31. The SMILES string of the molecule is CC(C)COc1ccc(C(C)(O)CC(F)(F)C(F)(F)C(F)(F)C(F)(F)C(F)(F)C(F)(F)C(F)(F)F)cc1. The van der Waals surface area contributed by atoms with Crippen LogP contribution in [0, 0.1) is 5.92 Å². The topological polar surface area (TPSA) is 29.5 Å². The number of aliphatic hydroxyl groups is 1. The van der Waals surface area contributed by atoms with E-state index in [1.165, 1.54) is 0 Å². The summed E-state index contributed by atoms with van der Waals surface area (Å²) in [5.74, 6) is -47.1. The normalized spacial score (nSPS) is 16.6. The van der Waals surface area contributed by atoms with Crippen LogP contribution in [-0.2, 0) is 5.60 Å². The van der Waals surface area contributed by atoms with Crippen molar-refractivity contribution in [1.82, 2.24) is 0 Å². The molecule has 1 atom stereocenters. The molecule has 0 heterocycles. The van der Waals surface area contributed by atoms with E-state index in [0.29, 0.717) is 6.92 Å². The molecule has 216 valence electrons. The second kappa shape index (κ2) is 9.59. The van der Waals surface area contributed by atoms with Gasteiger partial charge in [0, 0.05) is 0 Å². The van der Waals surface area contributed by atoms with E-state index in [9.17, 15) is 71.0 Å². The highest BCUT2D eigenvalue weighted by Crippen LogP contribution is 2.63. The number of hydrogen-bond donors (Lipinski definition) is 1. The lowest BCUT2D eigenvalue weighted by molar-refractivity contribution is -0.453. The Labute approximate surface area is 199 Å². The lowest BCUT2D eigenvalue weighted by Crippen LogP contribution is -2.72. The van der Waals surface area contributed by atoms with Crippen molar-refractivity contribution in [3.8, 4) is 5.75 Å². The Balaban J connectivity index is 3.40. The molecule has 0 aliphatic carbocycles. The van der Waals surface area contributed by atoms with Crippen molar-refractivity contribution in [2.24, 2.45) is 5.92 Å². The van der Waals surface area contributed by atoms with Gasteiger partial charge in [-0.15, -0.1) is 0 Å². The van der Waals surface area contributed by atoms with E-state index >= 15 is 0 Å². The van der Waals surface area contributed by atoms with Crippen LogP contribution in [0.3, 0.4) is 0 Å². The Hall–Kier alpha value is -2.07. The van der Waals surface area contributed by atoms with Gasteiger partial charge in [0.25, 0.3) is 0 Å². The van der Waals surface area contributed by atoms with Crippen LogP contribution in [-0.4, -0.2) is 53.4 Å². The summed E-state index contributed by atoms with van der Waals surface area (Å²) in [5.41, 5.74) is -3.99. The van der Waals surface area contributed by atoms with E-state index in [1.807, 2.05) is 0 Å². The summed E-state index contributed by atoms with van der Waals surface area (Å²) in [5, 5.41) is 10.2. The van der Waals surface area contributed by atoms with Crippen molar-refractivity contribution in [2.45, 2.75) is 74.5 Å². The van der Waals surface area contributed by atoms with Gasteiger partial charge in [-0.3, -0.25) is 0 Å². The minimum atomic E-state index is -8.37. The largest absolute Gasteiger partial charge is 0.493 e. The first-order chi connectivity index (χ1) is 16.1. The van der Waals surface area contributed by atoms with Crippen molar-refractivity contribution >= 4 is 0 Å². The van der Waals surface area contributed by atoms with Gasteiger partial charge in [0.15, 0.2) is 0 Å². The van der Waals surface area contributed by atoms with Gasteiger partial charge in [-0.1, -0.05) is 26.0 Å². The molecular formula is C20H19F15O2. The van der Waals surface area contributed by atoms with Gasteiger partial charge in [0.05, 0.1) is 18.6 Å². The molecule has 17 heteroatoms. The molecule has 1 rings (SSSR count). The van der Waals surface area contributed by atoms with Crippen molar-refractivity contribution in [2.75, 3.05) is 6.61 Å². The summed E-state index contributed by atoms with van der Waals surface area (Å²) in [4.78, 5) is 0. The zero-order valence-corrected chi connectivity index (χ0v) is 18.8. The van der Waals surface area contributed by atoms with Crippen molar-refractivity contribution in [1.29, 1.82) is 0 Å². The van der Waals surface area contributed by atoms with Gasteiger partial charge in [-0.2, -0.15) is 65.9 Å². The number of hydrogen-bond acceptors (Lipinski definition) is 2. The summed E-state index contributed by atoms with van der Waals surface area (Å²) in [7, 11) is 0. The van der Waals surface area contributed by atoms with Crippen LogP contribution in [0.5, 0.6) is 5.75 Å². The number of halogens is 15. The summed E-state index contributed by atoms with van der Waals surface area (Å²) in [6.45, 7) is 3.92. The molecule has 1 aromatic rings. The van der Waals surface area contributed by atoms with Gasteiger partial charge in [0.2, 0.25) is 0 Å². The molecule has 1 aromatic carbocycles. The lowest BCUT2D eigenvalue weighted by Gasteiger charge is -2.42. The zero-order valence-electron chi connectivity index (χ0n) is 18.8.